The lowest BCUT2D eigenvalue weighted by Crippen LogP contribution is -2.20. The van der Waals surface area contributed by atoms with Crippen molar-refractivity contribution in [1.29, 1.82) is 0 Å². The van der Waals surface area contributed by atoms with Crippen LogP contribution >= 0.6 is 11.3 Å². The summed E-state index contributed by atoms with van der Waals surface area (Å²) >= 11 is 1.70. The molecule has 0 bridgehead atoms. The van der Waals surface area contributed by atoms with Crippen LogP contribution in [0.25, 0.3) is 0 Å². The van der Waals surface area contributed by atoms with Crippen LogP contribution in [0.4, 0.5) is 5.95 Å². The van der Waals surface area contributed by atoms with E-state index in [0.29, 0.717) is 17.2 Å². The van der Waals surface area contributed by atoms with Gasteiger partial charge in [0.1, 0.15) is 0 Å². The Hall–Kier alpha value is -1.75. The average molecular weight is 275 g/mol. The van der Waals surface area contributed by atoms with Crippen LogP contribution in [0.15, 0.2) is 23.0 Å². The number of carbonyl (C=O) groups excluding carboxylic acids is 1. The highest BCUT2D eigenvalue weighted by atomic mass is 32.1. The minimum atomic E-state index is -0.00429. The smallest absolute Gasteiger partial charge is 0.223 e. The zero-order chi connectivity index (χ0) is 13.8. The molecule has 2 aromatic heterocycles. The molecule has 2 aromatic rings. The molecule has 0 aliphatic carbocycles. The van der Waals surface area contributed by atoms with Gasteiger partial charge in [0.05, 0.1) is 11.3 Å². The number of Topliss-reactive ketones (excluding diaryl/α,β-unsaturated/α-hetero) is 1. The maximum atomic E-state index is 11.3. The zero-order valence-electron chi connectivity index (χ0n) is 11.3. The van der Waals surface area contributed by atoms with Crippen molar-refractivity contribution in [3.63, 3.8) is 0 Å². The average Bonchev–Trinajstić information content (AvgIpc) is 2.81. The summed E-state index contributed by atoms with van der Waals surface area (Å²) in [6.07, 6.45) is 2.52. The summed E-state index contributed by atoms with van der Waals surface area (Å²) < 4.78 is 0. The van der Waals surface area contributed by atoms with Gasteiger partial charge in [0.15, 0.2) is 5.78 Å². The molecule has 0 aliphatic rings. The van der Waals surface area contributed by atoms with Crippen molar-refractivity contribution in [2.75, 3.05) is 5.32 Å². The van der Waals surface area contributed by atoms with E-state index in [1.54, 1.807) is 17.5 Å². The van der Waals surface area contributed by atoms with Gasteiger partial charge < -0.3 is 5.32 Å². The van der Waals surface area contributed by atoms with Gasteiger partial charge in [-0.25, -0.2) is 9.97 Å². The number of nitrogens with zero attached hydrogens (tertiary/aromatic N) is 2. The van der Waals surface area contributed by atoms with E-state index in [1.807, 2.05) is 6.92 Å². The summed E-state index contributed by atoms with van der Waals surface area (Å²) in [7, 11) is 0. The predicted octanol–water partition coefficient (Wildman–Crippen LogP) is 3.09. The van der Waals surface area contributed by atoms with Crippen LogP contribution in [-0.2, 0) is 6.42 Å². The topological polar surface area (TPSA) is 54.9 Å². The van der Waals surface area contributed by atoms with Gasteiger partial charge in [-0.15, -0.1) is 0 Å². The van der Waals surface area contributed by atoms with Crippen molar-refractivity contribution in [1.82, 2.24) is 9.97 Å². The van der Waals surface area contributed by atoms with Crippen LogP contribution in [0.5, 0.6) is 0 Å². The molecule has 1 unspecified atom stereocenters. The molecule has 0 aliphatic heterocycles. The summed E-state index contributed by atoms with van der Waals surface area (Å²) in [4.78, 5) is 19.8. The first-order valence-electron chi connectivity index (χ1n) is 6.18. The van der Waals surface area contributed by atoms with E-state index in [9.17, 15) is 4.79 Å². The van der Waals surface area contributed by atoms with Crippen molar-refractivity contribution in [3.05, 3.63) is 39.8 Å². The molecule has 0 amide bonds. The van der Waals surface area contributed by atoms with E-state index in [1.165, 1.54) is 12.5 Å². The third-order valence-corrected chi connectivity index (χ3v) is 3.59. The van der Waals surface area contributed by atoms with Crippen LogP contribution in [0.2, 0.25) is 0 Å². The molecule has 100 valence electrons. The largest absolute Gasteiger partial charge is 0.351 e. The van der Waals surface area contributed by atoms with Gasteiger partial charge in [0.25, 0.3) is 0 Å². The third kappa shape index (κ3) is 3.61. The number of hydrogen-bond acceptors (Lipinski definition) is 5. The summed E-state index contributed by atoms with van der Waals surface area (Å²) in [5.74, 6) is 0.570. The van der Waals surface area contributed by atoms with Crippen LogP contribution in [-0.4, -0.2) is 21.8 Å². The minimum Gasteiger partial charge on any atom is -0.351 e. The molecule has 0 saturated carbocycles. The Morgan fingerprint density at radius 3 is 2.89 bits per heavy atom. The minimum absolute atomic E-state index is 0.00429. The first-order chi connectivity index (χ1) is 9.06. The molecule has 0 aromatic carbocycles. The van der Waals surface area contributed by atoms with Gasteiger partial charge in [0, 0.05) is 12.2 Å². The number of aromatic nitrogens is 2. The maximum Gasteiger partial charge on any atom is 0.223 e. The Labute approximate surface area is 116 Å². The highest BCUT2D eigenvalue weighted by molar-refractivity contribution is 7.07. The maximum absolute atomic E-state index is 11.3. The van der Waals surface area contributed by atoms with Gasteiger partial charge >= 0.3 is 0 Å². The van der Waals surface area contributed by atoms with Crippen LogP contribution < -0.4 is 5.32 Å². The van der Waals surface area contributed by atoms with Crippen molar-refractivity contribution in [2.24, 2.45) is 0 Å². The molecule has 1 atom stereocenters. The molecule has 2 heterocycles. The molecule has 2 rings (SSSR count). The molecular formula is C14H17N3OS. The Kier molecular flexibility index (Phi) is 4.27. The van der Waals surface area contributed by atoms with Gasteiger partial charge in [-0.1, -0.05) is 0 Å². The zero-order valence-corrected chi connectivity index (χ0v) is 12.1. The Morgan fingerprint density at radius 1 is 1.53 bits per heavy atom. The number of thiophene rings is 1. The monoisotopic (exact) mass is 275 g/mol. The second-order valence-electron chi connectivity index (χ2n) is 4.63. The van der Waals surface area contributed by atoms with E-state index >= 15 is 0 Å². The number of nitrogens with one attached hydrogen (secondary N) is 1. The molecule has 4 nitrogen and oxygen atoms in total. The SMILES string of the molecule is CC(=O)c1cnc(NC(C)Cc2ccsc2)nc1C. The predicted molar refractivity (Wildman–Crippen MR) is 77.9 cm³/mol. The summed E-state index contributed by atoms with van der Waals surface area (Å²) in [6.45, 7) is 5.44. The number of aryl methyl sites for hydroxylation is 1. The molecular weight excluding hydrogens is 258 g/mol. The fourth-order valence-electron chi connectivity index (χ4n) is 1.92. The summed E-state index contributed by atoms with van der Waals surface area (Å²) in [6, 6.07) is 2.37. The van der Waals surface area contributed by atoms with Gasteiger partial charge in [-0.2, -0.15) is 11.3 Å². The fraction of sp³-hybridized carbons (Fsp3) is 0.357. The summed E-state index contributed by atoms with van der Waals surface area (Å²) in [5.41, 5.74) is 2.60. The lowest BCUT2D eigenvalue weighted by atomic mass is 10.1. The van der Waals surface area contributed by atoms with Crippen LogP contribution in [0.1, 0.15) is 35.5 Å². The standard InChI is InChI=1S/C14H17N3OS/c1-9(6-12-4-5-19-8-12)16-14-15-7-13(11(3)18)10(2)17-14/h4-5,7-9H,6H2,1-3H3,(H,15,16,17). The molecule has 19 heavy (non-hydrogen) atoms. The second-order valence-corrected chi connectivity index (χ2v) is 5.41. The van der Waals surface area contributed by atoms with Crippen LogP contribution in [0.3, 0.4) is 0 Å². The lowest BCUT2D eigenvalue weighted by molar-refractivity contribution is 0.101. The fourth-order valence-corrected chi connectivity index (χ4v) is 2.60. The highest BCUT2D eigenvalue weighted by Crippen LogP contribution is 2.12. The molecule has 0 spiro atoms. The van der Waals surface area contributed by atoms with E-state index < -0.39 is 0 Å². The van der Waals surface area contributed by atoms with E-state index in [-0.39, 0.29) is 11.8 Å². The molecule has 5 heteroatoms. The van der Waals surface area contributed by atoms with Crippen molar-refractivity contribution >= 4 is 23.1 Å². The van der Waals surface area contributed by atoms with Gasteiger partial charge in [-0.3, -0.25) is 4.79 Å². The number of anilines is 1. The molecule has 1 N–H and O–H groups in total. The van der Waals surface area contributed by atoms with Crippen molar-refractivity contribution in [3.8, 4) is 0 Å². The number of rotatable bonds is 5. The van der Waals surface area contributed by atoms with E-state index in [0.717, 1.165) is 6.42 Å². The number of ketones is 1. The second kappa shape index (κ2) is 5.93. The molecule has 0 radical (unpaired) electrons. The van der Waals surface area contributed by atoms with E-state index in [4.69, 9.17) is 0 Å². The highest BCUT2D eigenvalue weighted by Gasteiger charge is 2.09. The van der Waals surface area contributed by atoms with E-state index in [2.05, 4.69) is 39.0 Å². The lowest BCUT2D eigenvalue weighted by Gasteiger charge is -2.13. The van der Waals surface area contributed by atoms with Gasteiger partial charge in [-0.05, 0) is 49.6 Å². The molecule has 0 fully saturated rings. The van der Waals surface area contributed by atoms with Gasteiger partial charge in [0.2, 0.25) is 5.95 Å². The Bertz CT molecular complexity index is 566. The summed E-state index contributed by atoms with van der Waals surface area (Å²) in [5, 5.41) is 7.47. The number of carbonyl (C=O) groups is 1. The first-order valence-corrected chi connectivity index (χ1v) is 7.12. The first kappa shape index (κ1) is 13.7. The Morgan fingerprint density at radius 2 is 2.32 bits per heavy atom. The van der Waals surface area contributed by atoms with Crippen LogP contribution in [0, 0.1) is 6.92 Å². The quantitative estimate of drug-likeness (QED) is 0.852. The number of hydrogen-bond donors (Lipinski definition) is 1. The molecule has 0 saturated heterocycles. The van der Waals surface area contributed by atoms with Crippen molar-refractivity contribution < 1.29 is 4.79 Å². The van der Waals surface area contributed by atoms with Crippen molar-refractivity contribution in [2.45, 2.75) is 33.2 Å². The third-order valence-electron chi connectivity index (χ3n) is 2.86. The Balaban J connectivity index is 2.03. The normalized spacial score (nSPS) is 12.2.